The minimum absolute atomic E-state index is 0. The van der Waals surface area contributed by atoms with E-state index >= 15 is 0 Å². The van der Waals surface area contributed by atoms with Gasteiger partial charge in [0.15, 0.2) is 0 Å². The molecule has 0 radical (unpaired) electrons. The van der Waals surface area contributed by atoms with Crippen LogP contribution in [0.2, 0.25) is 0 Å². The fraction of sp³-hybridized carbons (Fsp3) is 0.857. The van der Waals surface area contributed by atoms with Gasteiger partial charge in [-0.3, -0.25) is 4.79 Å². The minimum Gasteiger partial charge on any atom is -1.00 e. The molecular formula is C7H14LiNO. The first kappa shape index (κ1) is 10.1. The largest absolute Gasteiger partial charge is 1.00 e. The molecule has 0 spiro atoms. The first-order chi connectivity index (χ1) is 4.43. The van der Waals surface area contributed by atoms with Gasteiger partial charge in [0.05, 0.1) is 0 Å². The van der Waals surface area contributed by atoms with Crippen LogP contribution in [-0.2, 0) is 4.79 Å². The Balaban J connectivity index is 0. The maximum Gasteiger partial charge on any atom is 1.00 e. The van der Waals surface area contributed by atoms with Gasteiger partial charge in [0, 0.05) is 6.04 Å². The van der Waals surface area contributed by atoms with E-state index in [1.165, 1.54) is 32.1 Å². The van der Waals surface area contributed by atoms with Crippen molar-refractivity contribution in [2.75, 3.05) is 0 Å². The predicted molar refractivity (Wildman–Crippen MR) is 37.2 cm³/mol. The van der Waals surface area contributed by atoms with E-state index in [0.717, 1.165) is 6.41 Å². The Hall–Kier alpha value is 0.0674. The van der Waals surface area contributed by atoms with Crippen LogP contribution in [0, 0.1) is 0 Å². The molecule has 0 unspecified atom stereocenters. The van der Waals surface area contributed by atoms with Crippen molar-refractivity contribution in [1.29, 1.82) is 0 Å². The number of hydrogen-bond donors (Lipinski definition) is 1. The van der Waals surface area contributed by atoms with Crippen molar-refractivity contribution in [2.45, 2.75) is 38.1 Å². The third-order valence-electron chi connectivity index (χ3n) is 1.91. The molecular weight excluding hydrogens is 121 g/mol. The third kappa shape index (κ3) is 3.29. The van der Waals surface area contributed by atoms with Crippen LogP contribution < -0.4 is 24.2 Å². The van der Waals surface area contributed by atoms with Crippen LogP contribution in [0.1, 0.15) is 33.5 Å². The molecule has 0 aromatic rings. The number of nitrogens with one attached hydrogen (secondary N) is 1. The molecule has 0 aromatic carbocycles. The van der Waals surface area contributed by atoms with Crippen LogP contribution in [0.4, 0.5) is 0 Å². The molecule has 1 N–H and O–H groups in total. The summed E-state index contributed by atoms with van der Waals surface area (Å²) in [6.07, 6.45) is 7.08. The summed E-state index contributed by atoms with van der Waals surface area (Å²) in [6, 6.07) is 0.483. The van der Waals surface area contributed by atoms with Gasteiger partial charge in [0.25, 0.3) is 0 Å². The molecule has 0 aliphatic heterocycles. The van der Waals surface area contributed by atoms with Crippen molar-refractivity contribution >= 4 is 6.41 Å². The molecule has 1 aliphatic rings. The van der Waals surface area contributed by atoms with Crippen LogP contribution in [0.25, 0.3) is 0 Å². The summed E-state index contributed by atoms with van der Waals surface area (Å²) in [7, 11) is 0. The maximum atomic E-state index is 9.96. The zero-order valence-corrected chi connectivity index (χ0v) is 6.60. The molecule has 1 saturated carbocycles. The van der Waals surface area contributed by atoms with E-state index in [0.29, 0.717) is 6.04 Å². The predicted octanol–water partition coefficient (Wildman–Crippen LogP) is -1.82. The van der Waals surface area contributed by atoms with Gasteiger partial charge in [-0.15, -0.1) is 0 Å². The second-order valence-corrected chi connectivity index (χ2v) is 2.62. The van der Waals surface area contributed by atoms with Crippen LogP contribution in [-0.4, -0.2) is 12.5 Å². The van der Waals surface area contributed by atoms with Crippen LogP contribution in [0.15, 0.2) is 0 Å². The molecule has 0 bridgehead atoms. The molecule has 1 fully saturated rings. The molecule has 54 valence electrons. The van der Waals surface area contributed by atoms with E-state index in [4.69, 9.17) is 0 Å². The second kappa shape index (κ2) is 5.82. The van der Waals surface area contributed by atoms with E-state index in [-0.39, 0.29) is 20.3 Å². The molecule has 1 aliphatic carbocycles. The Morgan fingerprint density at radius 2 is 1.90 bits per heavy atom. The van der Waals surface area contributed by atoms with Crippen molar-refractivity contribution in [3.63, 3.8) is 0 Å². The van der Waals surface area contributed by atoms with Crippen molar-refractivity contribution in [3.05, 3.63) is 0 Å². The fourth-order valence-corrected chi connectivity index (χ4v) is 1.37. The Morgan fingerprint density at radius 1 is 1.30 bits per heavy atom. The zero-order valence-electron chi connectivity index (χ0n) is 7.60. The molecule has 1 rings (SSSR count). The second-order valence-electron chi connectivity index (χ2n) is 2.62. The Labute approximate surface area is 75.4 Å². The van der Waals surface area contributed by atoms with E-state index in [1.807, 2.05) is 0 Å². The van der Waals surface area contributed by atoms with Crippen molar-refractivity contribution < 1.29 is 25.1 Å². The molecule has 1 amide bonds. The number of rotatable bonds is 2. The number of amides is 1. The number of carbonyl (C=O) groups is 1. The monoisotopic (exact) mass is 135 g/mol. The SMILES string of the molecule is O=CNC1CCCCC1.[H-].[Li+]. The molecule has 10 heavy (non-hydrogen) atoms. The van der Waals surface area contributed by atoms with E-state index in [1.54, 1.807) is 0 Å². The van der Waals surface area contributed by atoms with Gasteiger partial charge < -0.3 is 6.74 Å². The fourth-order valence-electron chi connectivity index (χ4n) is 1.37. The van der Waals surface area contributed by atoms with Crippen LogP contribution in [0.5, 0.6) is 0 Å². The zero-order chi connectivity index (χ0) is 6.53. The van der Waals surface area contributed by atoms with Crippen LogP contribution >= 0.6 is 0 Å². The minimum atomic E-state index is 0. The summed E-state index contributed by atoms with van der Waals surface area (Å²) in [5, 5.41) is 2.80. The molecule has 2 nitrogen and oxygen atoms in total. The summed E-state index contributed by atoms with van der Waals surface area (Å²) in [6.45, 7) is 0. The molecule has 0 aromatic heterocycles. The van der Waals surface area contributed by atoms with E-state index in [9.17, 15) is 4.79 Å². The number of carbonyl (C=O) groups excluding carboxylic acids is 1. The number of hydrogen-bond acceptors (Lipinski definition) is 1. The van der Waals surface area contributed by atoms with Gasteiger partial charge in [0.2, 0.25) is 6.41 Å². The smallest absolute Gasteiger partial charge is 1.00 e. The van der Waals surface area contributed by atoms with Crippen LogP contribution in [0.3, 0.4) is 0 Å². The summed E-state index contributed by atoms with van der Waals surface area (Å²) < 4.78 is 0. The van der Waals surface area contributed by atoms with Gasteiger partial charge >= 0.3 is 18.9 Å². The molecule has 0 saturated heterocycles. The standard InChI is InChI=1S/C7H13NO.Li.H/c9-6-8-7-4-2-1-3-5-7;;/h6-7H,1-5H2,(H,8,9);;/q;+1;-1. The van der Waals surface area contributed by atoms with Crippen molar-refractivity contribution in [1.82, 2.24) is 5.32 Å². The van der Waals surface area contributed by atoms with Gasteiger partial charge in [-0.25, -0.2) is 0 Å². The Kier molecular flexibility index (Phi) is 5.86. The summed E-state index contributed by atoms with van der Waals surface area (Å²) >= 11 is 0. The summed E-state index contributed by atoms with van der Waals surface area (Å²) in [5.74, 6) is 0. The Morgan fingerprint density at radius 3 is 2.40 bits per heavy atom. The molecule has 0 heterocycles. The van der Waals surface area contributed by atoms with Crippen molar-refractivity contribution in [3.8, 4) is 0 Å². The van der Waals surface area contributed by atoms with Gasteiger partial charge in [0.1, 0.15) is 0 Å². The van der Waals surface area contributed by atoms with E-state index < -0.39 is 0 Å². The summed E-state index contributed by atoms with van der Waals surface area (Å²) in [5.41, 5.74) is 0. The molecule has 0 atom stereocenters. The van der Waals surface area contributed by atoms with E-state index in [2.05, 4.69) is 5.32 Å². The summed E-state index contributed by atoms with van der Waals surface area (Å²) in [4.78, 5) is 9.96. The van der Waals surface area contributed by atoms with Gasteiger partial charge in [-0.2, -0.15) is 0 Å². The van der Waals surface area contributed by atoms with Gasteiger partial charge in [-0.1, -0.05) is 19.3 Å². The maximum absolute atomic E-state index is 9.96. The Bertz CT molecular complexity index is 96.4. The average molecular weight is 135 g/mol. The first-order valence-electron chi connectivity index (χ1n) is 3.63. The first-order valence-corrected chi connectivity index (χ1v) is 3.63. The molecule has 3 heteroatoms. The van der Waals surface area contributed by atoms with Gasteiger partial charge in [-0.05, 0) is 12.8 Å². The topological polar surface area (TPSA) is 29.1 Å². The van der Waals surface area contributed by atoms with Crippen molar-refractivity contribution in [2.24, 2.45) is 0 Å². The third-order valence-corrected chi connectivity index (χ3v) is 1.91. The quantitative estimate of drug-likeness (QED) is 0.350. The average Bonchev–Trinajstić information content (AvgIpc) is 1.91. The normalized spacial score (nSPS) is 19.2.